The summed E-state index contributed by atoms with van der Waals surface area (Å²) in [7, 11) is 3.46. The molecule has 0 saturated carbocycles. The maximum Gasteiger partial charge on any atom is 0.243 e. The largest absolute Gasteiger partial charge is 0.351 e. The van der Waals surface area contributed by atoms with E-state index in [9.17, 15) is 4.79 Å². The number of aliphatic imine (C=N–C) groups is 1. The highest BCUT2D eigenvalue weighted by Gasteiger charge is 2.06. The minimum Gasteiger partial charge on any atom is -0.351 e. The molecule has 2 N–H and O–H groups in total. The fourth-order valence-electron chi connectivity index (χ4n) is 1.80. The van der Waals surface area contributed by atoms with Crippen LogP contribution in [0.5, 0.6) is 0 Å². The zero-order valence-electron chi connectivity index (χ0n) is 14.6. The number of likely N-dealkylation sites (N-methyl/N-ethyl adjacent to an activating group) is 1. The normalized spacial score (nSPS) is 10.9. The number of aromatic nitrogens is 1. The van der Waals surface area contributed by atoms with E-state index in [2.05, 4.69) is 33.6 Å². The van der Waals surface area contributed by atoms with Crippen molar-refractivity contribution in [3.05, 3.63) is 38.5 Å². The molecule has 2 aromatic rings. The molecule has 25 heavy (non-hydrogen) atoms. The average Bonchev–Trinajstić information content (AvgIpc) is 3.25. The van der Waals surface area contributed by atoms with Gasteiger partial charge >= 0.3 is 0 Å². The molecule has 0 aromatic carbocycles. The Kier molecular flexibility index (Phi) is 9.98. The first-order valence-electron chi connectivity index (χ1n) is 7.76. The molecular weight excluding hydrogens is 469 g/mol. The van der Waals surface area contributed by atoms with Crippen LogP contribution in [0.1, 0.15) is 21.7 Å². The second kappa shape index (κ2) is 11.4. The zero-order valence-corrected chi connectivity index (χ0v) is 18.6. The van der Waals surface area contributed by atoms with Gasteiger partial charge in [0.2, 0.25) is 5.91 Å². The molecule has 6 nitrogen and oxygen atoms in total. The molecule has 2 heterocycles. The Morgan fingerprint density at radius 1 is 1.28 bits per heavy atom. The number of hydrogen-bond acceptors (Lipinski definition) is 5. The van der Waals surface area contributed by atoms with Gasteiger partial charge in [0.1, 0.15) is 11.6 Å². The lowest BCUT2D eigenvalue weighted by atomic mass is 10.4. The lowest BCUT2D eigenvalue weighted by Gasteiger charge is -2.12. The van der Waals surface area contributed by atoms with E-state index in [1.165, 1.54) is 14.7 Å². The number of hydrogen-bond donors (Lipinski definition) is 2. The van der Waals surface area contributed by atoms with Gasteiger partial charge in [0.05, 0.1) is 13.1 Å². The molecule has 0 bridgehead atoms. The van der Waals surface area contributed by atoms with E-state index in [1.54, 1.807) is 36.8 Å². The summed E-state index contributed by atoms with van der Waals surface area (Å²) in [6, 6.07) is 4.08. The number of nitrogens with zero attached hydrogens (tertiary/aromatic N) is 3. The summed E-state index contributed by atoms with van der Waals surface area (Å²) >= 11 is 3.37. The molecule has 0 aliphatic carbocycles. The van der Waals surface area contributed by atoms with Gasteiger partial charge in [0.15, 0.2) is 5.96 Å². The van der Waals surface area contributed by atoms with E-state index in [0.717, 1.165) is 11.4 Å². The molecule has 0 spiro atoms. The van der Waals surface area contributed by atoms with Crippen LogP contribution in [0.3, 0.4) is 0 Å². The summed E-state index contributed by atoms with van der Waals surface area (Å²) in [5.74, 6) is 0.585. The second-order valence-corrected chi connectivity index (χ2v) is 7.55. The standard InChI is InChI=1S/C16H23N5OS2.HI/c1-4-12-8-17-14(24-12)10-19-16(20-11-15(22)21(2)3)18-9-13-6-5-7-23-13;/h5-8H,4,9-11H2,1-3H3,(H2,18,19,20);1H. The summed E-state index contributed by atoms with van der Waals surface area (Å²) in [4.78, 5) is 24.5. The van der Waals surface area contributed by atoms with Crippen molar-refractivity contribution in [2.24, 2.45) is 4.99 Å². The van der Waals surface area contributed by atoms with Crippen molar-refractivity contribution in [3.63, 3.8) is 0 Å². The van der Waals surface area contributed by atoms with Crippen molar-refractivity contribution in [2.45, 2.75) is 26.4 Å². The predicted molar refractivity (Wildman–Crippen MR) is 116 cm³/mol. The van der Waals surface area contributed by atoms with Crippen LogP contribution in [0.4, 0.5) is 0 Å². The van der Waals surface area contributed by atoms with Gasteiger partial charge in [-0.15, -0.1) is 46.7 Å². The minimum absolute atomic E-state index is 0. The number of aryl methyl sites for hydroxylation is 1. The highest BCUT2D eigenvalue weighted by molar-refractivity contribution is 14.0. The summed E-state index contributed by atoms with van der Waals surface area (Å²) in [5, 5.41) is 9.56. The van der Waals surface area contributed by atoms with Gasteiger partial charge < -0.3 is 15.5 Å². The van der Waals surface area contributed by atoms with Gasteiger partial charge in [0, 0.05) is 30.0 Å². The van der Waals surface area contributed by atoms with Gasteiger partial charge in [-0.2, -0.15) is 0 Å². The van der Waals surface area contributed by atoms with Crippen LogP contribution < -0.4 is 10.6 Å². The number of thiazole rings is 1. The summed E-state index contributed by atoms with van der Waals surface area (Å²) in [5.41, 5.74) is 0. The van der Waals surface area contributed by atoms with E-state index in [-0.39, 0.29) is 36.4 Å². The van der Waals surface area contributed by atoms with Crippen molar-refractivity contribution >= 4 is 58.5 Å². The molecule has 0 atom stereocenters. The predicted octanol–water partition coefficient (Wildman–Crippen LogP) is 2.71. The molecule has 2 aromatic heterocycles. The van der Waals surface area contributed by atoms with Crippen LogP contribution >= 0.6 is 46.7 Å². The summed E-state index contributed by atoms with van der Waals surface area (Å²) < 4.78 is 0. The summed E-state index contributed by atoms with van der Waals surface area (Å²) in [6.07, 6.45) is 2.90. The third-order valence-corrected chi connectivity index (χ3v) is 5.26. The Balaban J connectivity index is 0.00000312. The highest BCUT2D eigenvalue weighted by atomic mass is 127. The molecule has 138 valence electrons. The number of halogens is 1. The number of amides is 1. The van der Waals surface area contributed by atoms with Crippen molar-refractivity contribution < 1.29 is 4.79 Å². The molecule has 2 rings (SSSR count). The average molecular weight is 493 g/mol. The molecule has 0 radical (unpaired) electrons. The number of nitrogens with one attached hydrogen (secondary N) is 2. The number of thiophene rings is 1. The number of carbonyl (C=O) groups excluding carboxylic acids is 1. The maximum absolute atomic E-state index is 11.8. The quantitative estimate of drug-likeness (QED) is 0.354. The maximum atomic E-state index is 11.8. The lowest BCUT2D eigenvalue weighted by molar-refractivity contribution is -0.127. The molecule has 1 amide bonds. The van der Waals surface area contributed by atoms with Crippen molar-refractivity contribution in [1.29, 1.82) is 0 Å². The van der Waals surface area contributed by atoms with Crippen LogP contribution in [0.25, 0.3) is 0 Å². The first kappa shape index (κ1) is 21.8. The first-order valence-corrected chi connectivity index (χ1v) is 9.46. The van der Waals surface area contributed by atoms with Crippen LogP contribution in [-0.4, -0.2) is 42.4 Å². The Bertz CT molecular complexity index is 670. The highest BCUT2D eigenvalue weighted by Crippen LogP contribution is 2.12. The van der Waals surface area contributed by atoms with Gasteiger partial charge in [-0.1, -0.05) is 13.0 Å². The molecule has 0 unspecified atom stereocenters. The van der Waals surface area contributed by atoms with E-state index in [1.807, 2.05) is 17.6 Å². The summed E-state index contributed by atoms with van der Waals surface area (Å²) in [6.45, 7) is 3.51. The van der Waals surface area contributed by atoms with Crippen LogP contribution in [0.15, 0.2) is 28.7 Å². The van der Waals surface area contributed by atoms with Crippen LogP contribution in [0.2, 0.25) is 0 Å². The Morgan fingerprint density at radius 3 is 2.64 bits per heavy atom. The van der Waals surface area contributed by atoms with Gasteiger partial charge in [0.25, 0.3) is 0 Å². The third kappa shape index (κ3) is 7.70. The smallest absolute Gasteiger partial charge is 0.243 e. The minimum atomic E-state index is -0.0326. The van der Waals surface area contributed by atoms with E-state index in [0.29, 0.717) is 19.0 Å². The van der Waals surface area contributed by atoms with Crippen molar-refractivity contribution in [1.82, 2.24) is 20.5 Å². The molecule has 9 heteroatoms. The number of rotatable bonds is 7. The zero-order chi connectivity index (χ0) is 17.4. The fourth-order valence-corrected chi connectivity index (χ4v) is 3.25. The lowest BCUT2D eigenvalue weighted by Crippen LogP contribution is -2.37. The van der Waals surface area contributed by atoms with Gasteiger partial charge in [-0.25, -0.2) is 9.98 Å². The number of guanidine groups is 1. The second-order valence-electron chi connectivity index (χ2n) is 5.31. The van der Waals surface area contributed by atoms with Crippen molar-refractivity contribution in [3.8, 4) is 0 Å². The first-order chi connectivity index (χ1) is 11.6. The van der Waals surface area contributed by atoms with E-state index >= 15 is 0 Å². The van der Waals surface area contributed by atoms with Crippen LogP contribution in [-0.2, 0) is 24.3 Å². The monoisotopic (exact) mass is 493 g/mol. The molecule has 0 saturated heterocycles. The molecular formula is C16H24IN5OS2. The Labute approximate surface area is 173 Å². The fraction of sp³-hybridized carbons (Fsp3) is 0.438. The Hall–Kier alpha value is -1.20. The van der Waals surface area contributed by atoms with Crippen LogP contribution in [0, 0.1) is 0 Å². The topological polar surface area (TPSA) is 69.6 Å². The van der Waals surface area contributed by atoms with E-state index < -0.39 is 0 Å². The number of carbonyl (C=O) groups is 1. The Morgan fingerprint density at radius 2 is 2.04 bits per heavy atom. The van der Waals surface area contributed by atoms with Gasteiger partial charge in [-0.05, 0) is 17.9 Å². The molecule has 0 aliphatic heterocycles. The van der Waals surface area contributed by atoms with Gasteiger partial charge in [-0.3, -0.25) is 4.79 Å². The molecule has 0 aliphatic rings. The van der Waals surface area contributed by atoms with Crippen molar-refractivity contribution in [2.75, 3.05) is 20.6 Å². The van der Waals surface area contributed by atoms with E-state index in [4.69, 9.17) is 0 Å². The SMILES string of the molecule is CCc1cnc(CNC(=NCC(=O)N(C)C)NCc2cccs2)s1.I. The molecule has 0 fully saturated rings. The third-order valence-electron chi connectivity index (χ3n) is 3.24.